The third-order valence-electron chi connectivity index (χ3n) is 2.88. The maximum absolute atomic E-state index is 5.86. The van der Waals surface area contributed by atoms with Crippen LogP contribution in [0.3, 0.4) is 0 Å². The molecule has 4 nitrogen and oxygen atoms in total. The van der Waals surface area contributed by atoms with E-state index in [1.807, 2.05) is 28.8 Å². The number of hydrogen-bond acceptors (Lipinski definition) is 4. The second-order valence-corrected chi connectivity index (χ2v) is 5.74. The van der Waals surface area contributed by atoms with Crippen molar-refractivity contribution in [2.24, 2.45) is 0 Å². The molecule has 0 atom stereocenters. The van der Waals surface area contributed by atoms with Crippen LogP contribution in [0.25, 0.3) is 0 Å². The van der Waals surface area contributed by atoms with E-state index in [2.05, 4.69) is 10.2 Å². The normalized spacial score (nSPS) is 14.9. The molecule has 0 amide bonds. The average Bonchev–Trinajstić information content (AvgIpc) is 3.13. The topological polar surface area (TPSA) is 56.7 Å². The number of nitrogens with zero attached hydrogens (tertiary/aromatic N) is 3. The number of nitrogen functional groups attached to an aromatic ring is 1. The first-order valence-corrected chi connectivity index (χ1v) is 7.18. The predicted molar refractivity (Wildman–Crippen MR) is 73.7 cm³/mol. The van der Waals surface area contributed by atoms with E-state index in [1.165, 1.54) is 18.4 Å². The van der Waals surface area contributed by atoms with Crippen LogP contribution in [0.5, 0.6) is 0 Å². The Labute approximate surface area is 115 Å². The van der Waals surface area contributed by atoms with Crippen molar-refractivity contribution in [3.63, 3.8) is 0 Å². The van der Waals surface area contributed by atoms with Crippen molar-refractivity contribution >= 4 is 29.3 Å². The Hall–Kier alpha value is -1.20. The number of benzene rings is 1. The van der Waals surface area contributed by atoms with Gasteiger partial charge in [0.2, 0.25) is 5.95 Å². The molecule has 0 bridgehead atoms. The number of thioether (sulfide) groups is 1. The van der Waals surface area contributed by atoms with E-state index in [1.54, 1.807) is 11.8 Å². The van der Waals surface area contributed by atoms with Crippen molar-refractivity contribution in [2.45, 2.75) is 29.8 Å². The molecule has 1 saturated carbocycles. The lowest BCUT2D eigenvalue weighted by Gasteiger charge is -2.05. The summed E-state index contributed by atoms with van der Waals surface area (Å²) in [6, 6.07) is 8.36. The summed E-state index contributed by atoms with van der Waals surface area (Å²) in [6.45, 7) is 0. The molecule has 94 valence electrons. The Bertz CT molecular complexity index is 548. The summed E-state index contributed by atoms with van der Waals surface area (Å²) in [5.41, 5.74) is 7.05. The quantitative estimate of drug-likeness (QED) is 0.874. The second kappa shape index (κ2) is 4.82. The summed E-state index contributed by atoms with van der Waals surface area (Å²) in [5, 5.41) is 9.75. The van der Waals surface area contributed by atoms with E-state index in [-0.39, 0.29) is 0 Å². The molecule has 1 heterocycles. The number of aromatic nitrogens is 3. The van der Waals surface area contributed by atoms with E-state index in [0.717, 1.165) is 15.9 Å². The summed E-state index contributed by atoms with van der Waals surface area (Å²) >= 11 is 7.52. The van der Waals surface area contributed by atoms with E-state index in [4.69, 9.17) is 17.3 Å². The molecular weight excluding hydrogens is 268 g/mol. The summed E-state index contributed by atoms with van der Waals surface area (Å²) in [7, 11) is 0. The lowest BCUT2D eigenvalue weighted by molar-refractivity contribution is 0.671. The van der Waals surface area contributed by atoms with Crippen LogP contribution in [0.2, 0.25) is 5.02 Å². The van der Waals surface area contributed by atoms with E-state index in [9.17, 15) is 0 Å². The highest BCUT2D eigenvalue weighted by molar-refractivity contribution is 7.98. The molecule has 18 heavy (non-hydrogen) atoms. The van der Waals surface area contributed by atoms with Crippen LogP contribution in [0.1, 0.15) is 24.4 Å². The Balaban J connectivity index is 1.71. The first kappa shape index (κ1) is 11.9. The molecule has 0 radical (unpaired) electrons. The van der Waals surface area contributed by atoms with E-state index >= 15 is 0 Å². The molecule has 1 aliphatic rings. The Morgan fingerprint density at radius 2 is 2.00 bits per heavy atom. The largest absolute Gasteiger partial charge is 0.368 e. The van der Waals surface area contributed by atoms with Crippen molar-refractivity contribution in [2.75, 3.05) is 5.73 Å². The Morgan fingerprint density at radius 3 is 2.67 bits per heavy atom. The number of anilines is 1. The van der Waals surface area contributed by atoms with Crippen molar-refractivity contribution in [3.05, 3.63) is 34.9 Å². The van der Waals surface area contributed by atoms with E-state index in [0.29, 0.717) is 12.0 Å². The van der Waals surface area contributed by atoms with Gasteiger partial charge in [0.1, 0.15) is 0 Å². The Morgan fingerprint density at radius 1 is 1.28 bits per heavy atom. The first-order valence-electron chi connectivity index (χ1n) is 5.81. The molecule has 0 spiro atoms. The van der Waals surface area contributed by atoms with Crippen LogP contribution < -0.4 is 5.73 Å². The summed E-state index contributed by atoms with van der Waals surface area (Å²) in [5.74, 6) is 1.37. The van der Waals surface area contributed by atoms with Gasteiger partial charge in [-0.15, -0.1) is 10.2 Å². The minimum atomic E-state index is 0.507. The van der Waals surface area contributed by atoms with Gasteiger partial charge in [-0.05, 0) is 30.5 Å². The van der Waals surface area contributed by atoms with Gasteiger partial charge in [0.15, 0.2) is 5.16 Å². The first-order chi connectivity index (χ1) is 8.74. The van der Waals surface area contributed by atoms with Gasteiger partial charge in [-0.2, -0.15) is 0 Å². The lowest BCUT2D eigenvalue weighted by Crippen LogP contribution is -2.02. The van der Waals surface area contributed by atoms with E-state index < -0.39 is 0 Å². The molecule has 1 aromatic carbocycles. The van der Waals surface area contributed by atoms with Crippen molar-refractivity contribution in [1.82, 2.24) is 14.8 Å². The third-order valence-corrected chi connectivity index (χ3v) is 4.15. The maximum atomic E-state index is 5.86. The fraction of sp³-hybridized carbons (Fsp3) is 0.333. The second-order valence-electron chi connectivity index (χ2n) is 4.36. The van der Waals surface area contributed by atoms with Gasteiger partial charge in [-0.1, -0.05) is 35.5 Å². The highest BCUT2D eigenvalue weighted by Crippen LogP contribution is 2.39. The van der Waals surface area contributed by atoms with Crippen LogP contribution in [0.15, 0.2) is 29.4 Å². The standard InChI is InChI=1S/C12H13ClN4S/c13-9-3-1-8(2-4-9)7-18-12-16-15-11(14)17(12)10-5-6-10/h1-4,10H,5-7H2,(H2,14,15). The summed E-state index contributed by atoms with van der Waals surface area (Å²) in [6.07, 6.45) is 2.35. The highest BCUT2D eigenvalue weighted by Gasteiger charge is 2.28. The number of hydrogen-bond donors (Lipinski definition) is 1. The zero-order chi connectivity index (χ0) is 12.5. The summed E-state index contributed by atoms with van der Waals surface area (Å²) in [4.78, 5) is 0. The average molecular weight is 281 g/mol. The molecule has 1 aliphatic carbocycles. The molecule has 1 fully saturated rings. The molecule has 2 aromatic rings. The maximum Gasteiger partial charge on any atom is 0.222 e. The van der Waals surface area contributed by atoms with Gasteiger partial charge in [-0.25, -0.2) is 0 Å². The van der Waals surface area contributed by atoms with Crippen molar-refractivity contribution in [1.29, 1.82) is 0 Å². The van der Waals surface area contributed by atoms with Crippen LogP contribution in [0, 0.1) is 0 Å². The van der Waals surface area contributed by atoms with Crippen LogP contribution >= 0.6 is 23.4 Å². The number of nitrogens with two attached hydrogens (primary N) is 1. The Kier molecular flexibility index (Phi) is 3.18. The molecule has 3 rings (SSSR count). The fourth-order valence-electron chi connectivity index (χ4n) is 1.79. The van der Waals surface area contributed by atoms with Gasteiger partial charge in [0, 0.05) is 16.8 Å². The SMILES string of the molecule is Nc1nnc(SCc2ccc(Cl)cc2)n1C1CC1. The van der Waals surface area contributed by atoms with Gasteiger partial charge < -0.3 is 5.73 Å². The van der Waals surface area contributed by atoms with Gasteiger partial charge >= 0.3 is 0 Å². The smallest absolute Gasteiger partial charge is 0.222 e. The zero-order valence-electron chi connectivity index (χ0n) is 9.71. The van der Waals surface area contributed by atoms with Crippen LogP contribution in [-0.4, -0.2) is 14.8 Å². The monoisotopic (exact) mass is 280 g/mol. The molecular formula is C12H13ClN4S. The zero-order valence-corrected chi connectivity index (χ0v) is 11.3. The van der Waals surface area contributed by atoms with Gasteiger partial charge in [0.25, 0.3) is 0 Å². The summed E-state index contributed by atoms with van der Waals surface area (Å²) < 4.78 is 2.04. The molecule has 0 unspecified atom stereocenters. The lowest BCUT2D eigenvalue weighted by atomic mass is 10.2. The molecule has 0 saturated heterocycles. The minimum Gasteiger partial charge on any atom is -0.368 e. The highest BCUT2D eigenvalue weighted by atomic mass is 35.5. The van der Waals surface area contributed by atoms with Crippen LogP contribution in [0.4, 0.5) is 5.95 Å². The van der Waals surface area contributed by atoms with Gasteiger partial charge in [0.05, 0.1) is 0 Å². The van der Waals surface area contributed by atoms with Crippen molar-refractivity contribution < 1.29 is 0 Å². The molecule has 1 aromatic heterocycles. The minimum absolute atomic E-state index is 0.507. The fourth-order valence-corrected chi connectivity index (χ4v) is 2.89. The predicted octanol–water partition coefficient (Wildman–Crippen LogP) is 3.14. The van der Waals surface area contributed by atoms with Gasteiger partial charge in [-0.3, -0.25) is 4.57 Å². The number of halogens is 1. The third kappa shape index (κ3) is 2.47. The molecule has 2 N–H and O–H groups in total. The van der Waals surface area contributed by atoms with Crippen LogP contribution in [-0.2, 0) is 5.75 Å². The molecule has 6 heteroatoms. The molecule has 0 aliphatic heterocycles. The number of rotatable bonds is 4. The van der Waals surface area contributed by atoms with Crippen molar-refractivity contribution in [3.8, 4) is 0 Å².